The van der Waals surface area contributed by atoms with Crippen LogP contribution in [0.2, 0.25) is 0 Å². The fraction of sp³-hybridized carbons (Fsp3) is 0.500. The molecule has 0 amide bonds. The number of methoxy groups -OCH3 is 1. The Kier molecular flexibility index (Phi) is 5.07. The van der Waals surface area contributed by atoms with Crippen molar-refractivity contribution in [3.63, 3.8) is 0 Å². The van der Waals surface area contributed by atoms with Gasteiger partial charge in [-0.1, -0.05) is 0 Å². The molecular formula is C12H14BrN3O5. The quantitative estimate of drug-likeness (QED) is 0.456. The van der Waals surface area contributed by atoms with Crippen molar-refractivity contribution in [3.8, 4) is 0 Å². The standard InChI is InChI=1S/C12H14BrN3O5/c1-20-11(17)4-8-7-15(2-3-21-8)12-9(13)5-14-6-10(12)16(18)19/h5-6,8H,2-4,7H2,1H3. The molecule has 1 atom stereocenters. The SMILES string of the molecule is COC(=O)CC1CN(c2c(Br)cncc2[N+](=O)[O-])CCO1. The van der Waals surface area contributed by atoms with Crippen LogP contribution >= 0.6 is 15.9 Å². The molecule has 114 valence electrons. The second-order valence-electron chi connectivity index (χ2n) is 4.47. The Balaban J connectivity index is 2.22. The van der Waals surface area contributed by atoms with E-state index in [1.54, 1.807) is 0 Å². The smallest absolute Gasteiger partial charge is 0.311 e. The maximum absolute atomic E-state index is 11.3. The summed E-state index contributed by atoms with van der Waals surface area (Å²) < 4.78 is 10.7. The number of aromatic nitrogens is 1. The van der Waals surface area contributed by atoms with E-state index in [0.717, 1.165) is 0 Å². The molecule has 1 aliphatic rings. The highest BCUT2D eigenvalue weighted by atomic mass is 79.9. The van der Waals surface area contributed by atoms with Crippen LogP contribution in [0.1, 0.15) is 6.42 Å². The normalized spacial score (nSPS) is 18.4. The Bertz CT molecular complexity index is 554. The molecule has 21 heavy (non-hydrogen) atoms. The number of hydrogen-bond acceptors (Lipinski definition) is 7. The summed E-state index contributed by atoms with van der Waals surface area (Å²) in [6.07, 6.45) is 2.48. The number of anilines is 1. The largest absolute Gasteiger partial charge is 0.469 e. The predicted molar refractivity (Wildman–Crippen MR) is 77.2 cm³/mol. The third-order valence-corrected chi connectivity index (χ3v) is 3.71. The number of carbonyl (C=O) groups is 1. The summed E-state index contributed by atoms with van der Waals surface area (Å²) in [4.78, 5) is 27.6. The summed E-state index contributed by atoms with van der Waals surface area (Å²) in [6.45, 7) is 1.26. The Morgan fingerprint density at radius 2 is 2.43 bits per heavy atom. The minimum Gasteiger partial charge on any atom is -0.469 e. The van der Waals surface area contributed by atoms with Crippen LogP contribution < -0.4 is 4.90 Å². The van der Waals surface area contributed by atoms with Gasteiger partial charge in [-0.2, -0.15) is 0 Å². The van der Waals surface area contributed by atoms with Gasteiger partial charge in [-0.3, -0.25) is 19.9 Å². The molecule has 1 saturated heterocycles. The fourth-order valence-electron chi connectivity index (χ4n) is 2.18. The summed E-state index contributed by atoms with van der Waals surface area (Å²) in [5, 5.41) is 11.1. The van der Waals surface area contributed by atoms with Crippen molar-refractivity contribution in [1.29, 1.82) is 0 Å². The summed E-state index contributed by atoms with van der Waals surface area (Å²) in [6, 6.07) is 0. The van der Waals surface area contributed by atoms with Gasteiger partial charge in [0.25, 0.3) is 0 Å². The third kappa shape index (κ3) is 3.67. The summed E-state index contributed by atoms with van der Waals surface area (Å²) in [7, 11) is 1.31. The van der Waals surface area contributed by atoms with Crippen molar-refractivity contribution >= 4 is 33.3 Å². The number of rotatable bonds is 4. The second kappa shape index (κ2) is 6.81. The molecule has 1 aliphatic heterocycles. The molecule has 1 aromatic rings. The van der Waals surface area contributed by atoms with Gasteiger partial charge >= 0.3 is 11.7 Å². The molecular weight excluding hydrogens is 346 g/mol. The molecule has 1 fully saturated rings. The lowest BCUT2D eigenvalue weighted by Gasteiger charge is -2.34. The monoisotopic (exact) mass is 359 g/mol. The highest BCUT2D eigenvalue weighted by Crippen LogP contribution is 2.35. The number of halogens is 1. The molecule has 0 aromatic carbocycles. The van der Waals surface area contributed by atoms with Gasteiger partial charge in [-0.05, 0) is 15.9 Å². The van der Waals surface area contributed by atoms with Crippen LogP contribution in [-0.2, 0) is 14.3 Å². The van der Waals surface area contributed by atoms with Gasteiger partial charge in [-0.15, -0.1) is 0 Å². The van der Waals surface area contributed by atoms with E-state index in [-0.39, 0.29) is 24.2 Å². The van der Waals surface area contributed by atoms with Crippen LogP contribution in [0, 0.1) is 10.1 Å². The number of nitro groups is 1. The Morgan fingerprint density at radius 3 is 3.10 bits per heavy atom. The van der Waals surface area contributed by atoms with Gasteiger partial charge in [0.2, 0.25) is 0 Å². The number of hydrogen-bond donors (Lipinski definition) is 0. The van der Waals surface area contributed by atoms with E-state index in [9.17, 15) is 14.9 Å². The summed E-state index contributed by atoms with van der Waals surface area (Å²) >= 11 is 3.29. The number of carbonyl (C=O) groups excluding carboxylic acids is 1. The van der Waals surface area contributed by atoms with Crippen LogP contribution in [-0.4, -0.2) is 48.8 Å². The minimum absolute atomic E-state index is 0.0805. The molecule has 0 aliphatic carbocycles. The van der Waals surface area contributed by atoms with Crippen LogP contribution in [0.25, 0.3) is 0 Å². The first kappa shape index (κ1) is 15.6. The molecule has 0 N–H and O–H groups in total. The van der Waals surface area contributed by atoms with Crippen LogP contribution in [0.4, 0.5) is 11.4 Å². The predicted octanol–water partition coefficient (Wildman–Crippen LogP) is 1.52. The molecule has 9 heteroatoms. The topological polar surface area (TPSA) is 94.8 Å². The lowest BCUT2D eigenvalue weighted by molar-refractivity contribution is -0.384. The van der Waals surface area contributed by atoms with Crippen LogP contribution in [0.15, 0.2) is 16.9 Å². The fourth-order valence-corrected chi connectivity index (χ4v) is 2.75. The lowest BCUT2D eigenvalue weighted by atomic mass is 10.2. The Labute approximate surface area is 129 Å². The number of nitrogens with zero attached hydrogens (tertiary/aromatic N) is 3. The van der Waals surface area contributed by atoms with E-state index in [1.807, 2.05) is 4.90 Å². The van der Waals surface area contributed by atoms with Crippen molar-refractivity contribution in [2.24, 2.45) is 0 Å². The lowest BCUT2D eigenvalue weighted by Crippen LogP contribution is -2.43. The maximum Gasteiger partial charge on any atom is 0.311 e. The molecule has 0 radical (unpaired) electrons. The number of pyridine rings is 1. The van der Waals surface area contributed by atoms with Gasteiger partial charge in [-0.25, -0.2) is 0 Å². The van der Waals surface area contributed by atoms with E-state index in [1.165, 1.54) is 19.5 Å². The van der Waals surface area contributed by atoms with E-state index >= 15 is 0 Å². The average Bonchev–Trinajstić information content (AvgIpc) is 2.47. The molecule has 0 spiro atoms. The molecule has 1 aromatic heterocycles. The van der Waals surface area contributed by atoms with Gasteiger partial charge in [0, 0.05) is 19.3 Å². The van der Waals surface area contributed by atoms with Crippen molar-refractivity contribution in [3.05, 3.63) is 27.0 Å². The van der Waals surface area contributed by atoms with Crippen molar-refractivity contribution < 1.29 is 19.2 Å². The first-order valence-corrected chi connectivity index (χ1v) is 7.03. The van der Waals surface area contributed by atoms with E-state index < -0.39 is 4.92 Å². The number of esters is 1. The second-order valence-corrected chi connectivity index (χ2v) is 5.32. The first-order valence-electron chi connectivity index (χ1n) is 6.24. The molecule has 1 unspecified atom stereocenters. The zero-order chi connectivity index (χ0) is 15.4. The maximum atomic E-state index is 11.3. The third-order valence-electron chi connectivity index (χ3n) is 3.13. The van der Waals surface area contributed by atoms with Crippen molar-refractivity contribution in [2.45, 2.75) is 12.5 Å². The number of ether oxygens (including phenoxy) is 2. The number of morpholine rings is 1. The van der Waals surface area contributed by atoms with Crippen LogP contribution in [0.3, 0.4) is 0 Å². The average molecular weight is 360 g/mol. The Hall–Kier alpha value is -1.74. The van der Waals surface area contributed by atoms with Gasteiger partial charge < -0.3 is 14.4 Å². The summed E-state index contributed by atoms with van der Waals surface area (Å²) in [5.41, 5.74) is 0.372. The van der Waals surface area contributed by atoms with E-state index in [0.29, 0.717) is 29.9 Å². The van der Waals surface area contributed by atoms with Crippen molar-refractivity contribution in [2.75, 3.05) is 31.7 Å². The summed E-state index contributed by atoms with van der Waals surface area (Å²) in [5.74, 6) is -0.370. The Morgan fingerprint density at radius 1 is 1.67 bits per heavy atom. The molecule has 8 nitrogen and oxygen atoms in total. The van der Waals surface area contributed by atoms with E-state index in [2.05, 4.69) is 25.7 Å². The molecule has 2 heterocycles. The first-order chi connectivity index (χ1) is 10.0. The highest BCUT2D eigenvalue weighted by Gasteiger charge is 2.29. The minimum atomic E-state index is -0.474. The molecule has 0 bridgehead atoms. The molecule has 2 rings (SSSR count). The van der Waals surface area contributed by atoms with Gasteiger partial charge in [0.05, 0.1) is 35.6 Å². The zero-order valence-corrected chi connectivity index (χ0v) is 12.9. The van der Waals surface area contributed by atoms with Crippen molar-refractivity contribution in [1.82, 2.24) is 4.98 Å². The van der Waals surface area contributed by atoms with Gasteiger partial charge in [0.1, 0.15) is 11.9 Å². The highest BCUT2D eigenvalue weighted by molar-refractivity contribution is 9.10. The zero-order valence-electron chi connectivity index (χ0n) is 11.3. The van der Waals surface area contributed by atoms with Gasteiger partial charge in [0.15, 0.2) is 0 Å². The van der Waals surface area contributed by atoms with Crippen LogP contribution in [0.5, 0.6) is 0 Å². The molecule has 0 saturated carbocycles. The van der Waals surface area contributed by atoms with E-state index in [4.69, 9.17) is 4.74 Å².